The molecule has 2 aliphatic rings. The minimum Gasteiger partial charge on any atom is -0.469 e. The van der Waals surface area contributed by atoms with Gasteiger partial charge in [-0.25, -0.2) is 0 Å². The molecule has 3 nitrogen and oxygen atoms in total. The number of hydrogen-bond acceptors (Lipinski definition) is 3. The number of hydrogen-bond donors (Lipinski definition) is 0. The van der Waals surface area contributed by atoms with E-state index in [1.54, 1.807) is 0 Å². The van der Waals surface area contributed by atoms with E-state index < -0.39 is 0 Å². The molecule has 0 spiro atoms. The summed E-state index contributed by atoms with van der Waals surface area (Å²) in [5.74, 6) is 0.545. The number of esters is 1. The zero-order valence-corrected chi connectivity index (χ0v) is 9.16. The topological polar surface area (TPSA) is 50.1 Å². The zero-order valence-electron chi connectivity index (χ0n) is 9.16. The highest BCUT2D eigenvalue weighted by Crippen LogP contribution is 2.51. The standard InChI is InChI=1S/C12H17NO2/c1-15-11(14)12-5-2-3-9(7-12)10(8-13)4-6-12/h9-10H,2-7H2,1H3. The summed E-state index contributed by atoms with van der Waals surface area (Å²) in [5.41, 5.74) is -0.245. The quantitative estimate of drug-likeness (QED) is 0.620. The lowest BCUT2D eigenvalue weighted by atomic mass is 9.59. The molecule has 0 amide bonds. The van der Waals surface area contributed by atoms with Gasteiger partial charge in [0.15, 0.2) is 0 Å². The maximum atomic E-state index is 11.8. The second kappa shape index (κ2) is 3.84. The van der Waals surface area contributed by atoms with Crippen LogP contribution in [0.15, 0.2) is 0 Å². The molecule has 2 rings (SSSR count). The van der Waals surface area contributed by atoms with Crippen LogP contribution in [0, 0.1) is 28.6 Å². The van der Waals surface area contributed by atoms with Crippen LogP contribution >= 0.6 is 0 Å². The smallest absolute Gasteiger partial charge is 0.311 e. The van der Waals surface area contributed by atoms with Gasteiger partial charge in [0.1, 0.15) is 0 Å². The molecule has 3 atom stereocenters. The van der Waals surface area contributed by atoms with Crippen LogP contribution in [-0.4, -0.2) is 13.1 Å². The van der Waals surface area contributed by atoms with E-state index in [0.717, 1.165) is 38.5 Å². The van der Waals surface area contributed by atoms with E-state index in [0.29, 0.717) is 5.92 Å². The van der Waals surface area contributed by atoms with Crippen LogP contribution in [0.3, 0.4) is 0 Å². The first-order valence-electron chi connectivity index (χ1n) is 5.70. The summed E-state index contributed by atoms with van der Waals surface area (Å²) in [5, 5.41) is 9.02. The molecule has 0 radical (unpaired) electrons. The molecule has 0 aromatic carbocycles. The van der Waals surface area contributed by atoms with Crippen LogP contribution in [0.1, 0.15) is 38.5 Å². The van der Waals surface area contributed by atoms with Crippen molar-refractivity contribution in [2.45, 2.75) is 38.5 Å². The van der Waals surface area contributed by atoms with Gasteiger partial charge in [0, 0.05) is 5.92 Å². The Morgan fingerprint density at radius 3 is 2.93 bits per heavy atom. The maximum Gasteiger partial charge on any atom is 0.311 e. The van der Waals surface area contributed by atoms with Gasteiger partial charge in [0.25, 0.3) is 0 Å². The van der Waals surface area contributed by atoms with Gasteiger partial charge < -0.3 is 4.74 Å². The van der Waals surface area contributed by atoms with E-state index in [4.69, 9.17) is 10.00 Å². The largest absolute Gasteiger partial charge is 0.469 e. The van der Waals surface area contributed by atoms with Crippen molar-refractivity contribution in [3.05, 3.63) is 0 Å². The number of ether oxygens (including phenoxy) is 1. The summed E-state index contributed by atoms with van der Waals surface area (Å²) in [6.45, 7) is 0. The van der Waals surface area contributed by atoms with Gasteiger partial charge >= 0.3 is 5.97 Å². The number of carbonyl (C=O) groups is 1. The number of nitrogens with zero attached hydrogens (tertiary/aromatic N) is 1. The minimum atomic E-state index is -0.245. The zero-order chi connectivity index (χ0) is 10.9. The normalized spacial score (nSPS) is 39.2. The Bertz CT molecular complexity index is 307. The van der Waals surface area contributed by atoms with Gasteiger partial charge in [-0.05, 0) is 38.0 Å². The average Bonchev–Trinajstić information content (AvgIpc) is 2.28. The first-order chi connectivity index (χ1) is 7.22. The molecule has 3 heteroatoms. The van der Waals surface area contributed by atoms with Crippen molar-refractivity contribution < 1.29 is 9.53 Å². The first-order valence-corrected chi connectivity index (χ1v) is 5.70. The lowest BCUT2D eigenvalue weighted by Gasteiger charge is -2.44. The van der Waals surface area contributed by atoms with E-state index in [-0.39, 0.29) is 17.3 Å². The monoisotopic (exact) mass is 207 g/mol. The fourth-order valence-corrected chi connectivity index (χ4v) is 3.32. The second-order valence-corrected chi connectivity index (χ2v) is 4.90. The lowest BCUT2D eigenvalue weighted by molar-refractivity contribution is -0.159. The molecule has 0 aromatic rings. The molecule has 0 aliphatic heterocycles. The predicted octanol–water partition coefficient (Wildman–Crippen LogP) is 2.27. The maximum absolute atomic E-state index is 11.8. The highest BCUT2D eigenvalue weighted by atomic mass is 16.5. The molecular formula is C12H17NO2. The van der Waals surface area contributed by atoms with Crippen LogP contribution in [0.25, 0.3) is 0 Å². The third-order valence-electron chi connectivity index (χ3n) is 4.17. The van der Waals surface area contributed by atoms with Crippen LogP contribution in [0.4, 0.5) is 0 Å². The molecule has 0 aromatic heterocycles. The molecule has 15 heavy (non-hydrogen) atoms. The highest BCUT2D eigenvalue weighted by Gasteiger charge is 2.48. The van der Waals surface area contributed by atoms with Crippen molar-refractivity contribution in [1.29, 1.82) is 5.26 Å². The fourth-order valence-electron chi connectivity index (χ4n) is 3.32. The Kier molecular flexibility index (Phi) is 2.68. The third kappa shape index (κ3) is 1.62. The summed E-state index contributed by atoms with van der Waals surface area (Å²) < 4.78 is 4.91. The Morgan fingerprint density at radius 1 is 1.47 bits per heavy atom. The Labute approximate surface area is 90.4 Å². The van der Waals surface area contributed by atoms with Gasteiger partial charge in [-0.2, -0.15) is 5.26 Å². The van der Waals surface area contributed by atoms with Crippen molar-refractivity contribution in [3.8, 4) is 6.07 Å². The predicted molar refractivity (Wildman–Crippen MR) is 54.7 cm³/mol. The van der Waals surface area contributed by atoms with E-state index in [9.17, 15) is 4.79 Å². The molecule has 82 valence electrons. The van der Waals surface area contributed by atoms with Gasteiger partial charge in [-0.1, -0.05) is 6.42 Å². The van der Waals surface area contributed by atoms with Crippen molar-refractivity contribution >= 4 is 5.97 Å². The number of fused-ring (bicyclic) bond motifs is 2. The van der Waals surface area contributed by atoms with Gasteiger partial charge in [-0.15, -0.1) is 0 Å². The molecule has 3 unspecified atom stereocenters. The second-order valence-electron chi connectivity index (χ2n) is 4.90. The summed E-state index contributed by atoms with van der Waals surface area (Å²) in [6.07, 6.45) is 5.71. The molecule has 0 saturated heterocycles. The number of carbonyl (C=O) groups excluding carboxylic acids is 1. The number of methoxy groups -OCH3 is 1. The fraction of sp³-hybridized carbons (Fsp3) is 0.833. The van der Waals surface area contributed by atoms with Crippen LogP contribution in [0.2, 0.25) is 0 Å². The van der Waals surface area contributed by atoms with Crippen molar-refractivity contribution in [3.63, 3.8) is 0 Å². The van der Waals surface area contributed by atoms with Crippen LogP contribution < -0.4 is 0 Å². The SMILES string of the molecule is COC(=O)C12CCCC(C1)C(C#N)CC2. The minimum absolute atomic E-state index is 0.0522. The highest BCUT2D eigenvalue weighted by molar-refractivity contribution is 5.77. The van der Waals surface area contributed by atoms with Gasteiger partial charge in [0.05, 0.1) is 18.6 Å². The lowest BCUT2D eigenvalue weighted by Crippen LogP contribution is -2.43. The van der Waals surface area contributed by atoms with Crippen LogP contribution in [-0.2, 0) is 9.53 Å². The average molecular weight is 207 g/mol. The molecule has 2 saturated carbocycles. The summed E-state index contributed by atoms with van der Waals surface area (Å²) in [7, 11) is 1.47. The molecular weight excluding hydrogens is 190 g/mol. The van der Waals surface area contributed by atoms with E-state index in [1.807, 2.05) is 0 Å². The van der Waals surface area contributed by atoms with Crippen molar-refractivity contribution in [2.75, 3.05) is 7.11 Å². The van der Waals surface area contributed by atoms with E-state index >= 15 is 0 Å². The van der Waals surface area contributed by atoms with Crippen LogP contribution in [0.5, 0.6) is 0 Å². The number of nitriles is 1. The Hall–Kier alpha value is -1.04. The van der Waals surface area contributed by atoms with E-state index in [2.05, 4.69) is 6.07 Å². The third-order valence-corrected chi connectivity index (χ3v) is 4.17. The van der Waals surface area contributed by atoms with Crippen molar-refractivity contribution in [2.24, 2.45) is 17.3 Å². The van der Waals surface area contributed by atoms with Gasteiger partial charge in [0.2, 0.25) is 0 Å². The molecule has 2 fully saturated rings. The molecule has 2 bridgehead atoms. The van der Waals surface area contributed by atoms with E-state index in [1.165, 1.54) is 7.11 Å². The summed E-state index contributed by atoms with van der Waals surface area (Å²) >= 11 is 0. The summed E-state index contributed by atoms with van der Waals surface area (Å²) in [6, 6.07) is 2.38. The van der Waals surface area contributed by atoms with Crippen molar-refractivity contribution in [1.82, 2.24) is 0 Å². The first kappa shape index (κ1) is 10.5. The Morgan fingerprint density at radius 2 is 2.27 bits per heavy atom. The molecule has 0 N–H and O–H groups in total. The van der Waals surface area contributed by atoms with Gasteiger partial charge in [-0.3, -0.25) is 4.79 Å². The summed E-state index contributed by atoms with van der Waals surface area (Å²) in [4.78, 5) is 11.8. The molecule has 0 heterocycles. The molecule has 2 aliphatic carbocycles. The number of rotatable bonds is 1. The Balaban J connectivity index is 2.17.